The number of piperazine rings is 1. The molecule has 2 aromatic carbocycles. The number of hydrogen-bond acceptors (Lipinski definition) is 9. The molecule has 0 spiro atoms. The van der Waals surface area contributed by atoms with Crippen molar-refractivity contribution in [3.8, 4) is 17.0 Å². The van der Waals surface area contributed by atoms with Gasteiger partial charge in [-0.05, 0) is 48.9 Å². The van der Waals surface area contributed by atoms with Crippen molar-refractivity contribution in [1.29, 1.82) is 0 Å². The number of nitrogens with zero attached hydrogens (tertiary/aromatic N) is 5. The van der Waals surface area contributed by atoms with Crippen molar-refractivity contribution in [1.82, 2.24) is 19.9 Å². The van der Waals surface area contributed by atoms with Crippen LogP contribution in [0.5, 0.6) is 5.88 Å². The third-order valence-electron chi connectivity index (χ3n) is 6.79. The molecule has 4 aromatic rings. The van der Waals surface area contributed by atoms with Crippen LogP contribution in [0.4, 0.5) is 33.5 Å². The number of benzene rings is 2. The van der Waals surface area contributed by atoms with Gasteiger partial charge in [0.05, 0.1) is 5.52 Å². The lowest BCUT2D eigenvalue weighted by atomic mass is 10.0. The topological polar surface area (TPSA) is 135 Å². The second-order valence-electron chi connectivity index (χ2n) is 9.99. The SMILES string of the molecule is CC(=O)/C=C/C(=O)N1CCN(c2ncnc3ccc(-c4cnc(OC(F)(F)F)c(NS(=O)(=O)c5ccc(F)cc5F)c4)cc23)CC1. The second-order valence-corrected chi connectivity index (χ2v) is 11.6. The van der Waals surface area contributed by atoms with Gasteiger partial charge in [-0.3, -0.25) is 14.3 Å². The van der Waals surface area contributed by atoms with Crippen molar-refractivity contribution in [3.63, 3.8) is 0 Å². The van der Waals surface area contributed by atoms with Gasteiger partial charge in [-0.1, -0.05) is 6.07 Å². The average molecular weight is 663 g/mol. The maximum absolute atomic E-state index is 14.3. The zero-order valence-corrected chi connectivity index (χ0v) is 24.6. The van der Waals surface area contributed by atoms with E-state index in [0.717, 1.165) is 12.3 Å². The van der Waals surface area contributed by atoms with Gasteiger partial charge in [0.2, 0.25) is 11.8 Å². The number of pyridine rings is 1. The number of carbonyl (C=O) groups excluding carboxylic acids is 2. The van der Waals surface area contributed by atoms with Crippen molar-refractivity contribution in [2.75, 3.05) is 35.8 Å². The van der Waals surface area contributed by atoms with Gasteiger partial charge in [-0.25, -0.2) is 32.2 Å². The predicted octanol–water partition coefficient (Wildman–Crippen LogP) is 4.46. The van der Waals surface area contributed by atoms with Crippen LogP contribution in [0.15, 0.2) is 72.0 Å². The maximum Gasteiger partial charge on any atom is 0.574 e. The van der Waals surface area contributed by atoms with E-state index in [0.29, 0.717) is 66.7 Å². The van der Waals surface area contributed by atoms with E-state index in [9.17, 15) is 40.0 Å². The van der Waals surface area contributed by atoms with Crippen LogP contribution < -0.4 is 14.4 Å². The van der Waals surface area contributed by atoms with Gasteiger partial charge in [0, 0.05) is 55.5 Å². The molecule has 11 nitrogen and oxygen atoms in total. The van der Waals surface area contributed by atoms with Gasteiger partial charge in [-0.2, -0.15) is 0 Å². The number of sulfonamides is 1. The first-order valence-corrected chi connectivity index (χ1v) is 14.9. The molecule has 3 heterocycles. The van der Waals surface area contributed by atoms with Crippen molar-refractivity contribution in [2.24, 2.45) is 0 Å². The van der Waals surface area contributed by atoms with Gasteiger partial charge in [0.25, 0.3) is 10.0 Å². The Balaban J connectivity index is 1.48. The fraction of sp³-hybridized carbons (Fsp3) is 0.207. The zero-order valence-electron chi connectivity index (χ0n) is 23.8. The fourth-order valence-corrected chi connectivity index (χ4v) is 5.78. The predicted molar refractivity (Wildman–Crippen MR) is 155 cm³/mol. The first kappa shape index (κ1) is 32.2. The van der Waals surface area contributed by atoms with Crippen molar-refractivity contribution in [2.45, 2.75) is 18.2 Å². The Hall–Kier alpha value is -5.19. The molecule has 0 unspecified atom stereocenters. The van der Waals surface area contributed by atoms with E-state index in [1.165, 1.54) is 25.4 Å². The number of fused-ring (bicyclic) bond motifs is 1. The van der Waals surface area contributed by atoms with E-state index >= 15 is 0 Å². The summed E-state index contributed by atoms with van der Waals surface area (Å²) >= 11 is 0. The highest BCUT2D eigenvalue weighted by Gasteiger charge is 2.34. The lowest BCUT2D eigenvalue weighted by molar-refractivity contribution is -0.275. The number of amides is 1. The summed E-state index contributed by atoms with van der Waals surface area (Å²) in [5, 5.41) is 0.544. The first-order valence-electron chi connectivity index (χ1n) is 13.4. The highest BCUT2D eigenvalue weighted by Crippen LogP contribution is 2.35. The van der Waals surface area contributed by atoms with Crippen LogP contribution in [-0.2, 0) is 19.6 Å². The number of hydrogen-bond donors (Lipinski definition) is 1. The Kier molecular flexibility index (Phi) is 8.87. The molecule has 46 heavy (non-hydrogen) atoms. The summed E-state index contributed by atoms with van der Waals surface area (Å²) in [5.74, 6) is -3.72. The molecule has 1 aliphatic heterocycles. The summed E-state index contributed by atoms with van der Waals surface area (Å²) < 4.78 is 98.7. The van der Waals surface area contributed by atoms with Crippen molar-refractivity contribution >= 4 is 44.1 Å². The maximum atomic E-state index is 14.3. The number of carbonyl (C=O) groups is 2. The van der Waals surface area contributed by atoms with Gasteiger partial charge in [-0.15, -0.1) is 13.2 Å². The summed E-state index contributed by atoms with van der Waals surface area (Å²) in [7, 11) is -4.87. The molecule has 5 rings (SSSR count). The summed E-state index contributed by atoms with van der Waals surface area (Å²) in [6.45, 7) is 2.81. The number of anilines is 2. The summed E-state index contributed by atoms with van der Waals surface area (Å²) in [6, 6.07) is 7.48. The molecule has 1 fully saturated rings. The van der Waals surface area contributed by atoms with E-state index in [2.05, 4.69) is 19.7 Å². The van der Waals surface area contributed by atoms with Gasteiger partial charge in [0.15, 0.2) is 5.78 Å². The van der Waals surface area contributed by atoms with Crippen molar-refractivity contribution < 1.29 is 44.7 Å². The molecule has 17 heteroatoms. The van der Waals surface area contributed by atoms with Gasteiger partial charge < -0.3 is 14.5 Å². The highest BCUT2D eigenvalue weighted by molar-refractivity contribution is 7.92. The number of ketones is 1. The first-order chi connectivity index (χ1) is 21.7. The van der Waals surface area contributed by atoms with E-state index in [4.69, 9.17) is 0 Å². The molecule has 1 aliphatic rings. The van der Waals surface area contributed by atoms with Crippen LogP contribution in [0.25, 0.3) is 22.0 Å². The Labute approximate surface area is 258 Å². The molecule has 0 atom stereocenters. The van der Waals surface area contributed by atoms with E-state index in [-0.39, 0.29) is 17.3 Å². The molecule has 1 N–H and O–H groups in total. The molecule has 0 bridgehead atoms. The largest absolute Gasteiger partial charge is 0.574 e. The monoisotopic (exact) mass is 662 g/mol. The minimum absolute atomic E-state index is 0.149. The van der Waals surface area contributed by atoms with Crippen LogP contribution in [0.2, 0.25) is 0 Å². The average Bonchev–Trinajstić information content (AvgIpc) is 2.99. The normalized spacial score (nSPS) is 14.1. The van der Waals surface area contributed by atoms with Gasteiger partial charge >= 0.3 is 6.36 Å². The molecule has 0 aliphatic carbocycles. The zero-order chi connectivity index (χ0) is 33.2. The molecular formula is C29H23F5N6O5S. The molecule has 0 radical (unpaired) electrons. The van der Waals surface area contributed by atoms with E-state index in [1.807, 2.05) is 9.62 Å². The Morgan fingerprint density at radius 3 is 2.35 bits per heavy atom. The molecular weight excluding hydrogens is 639 g/mol. The number of rotatable bonds is 8. The summed E-state index contributed by atoms with van der Waals surface area (Å²) in [6.07, 6.45) is -0.447. The van der Waals surface area contributed by atoms with Crippen LogP contribution in [0, 0.1) is 11.6 Å². The standard InChI is InChI=1S/C29H23F5N6O5S/c1-17(41)2-7-26(42)39-8-10-40(11-9-39)27-21-12-18(3-5-23(21)36-16-37-27)19-13-24(28(35-15-19)45-29(32,33)34)38-46(43,44)25-6-4-20(30)14-22(25)31/h2-7,12-16,38H,8-11H2,1H3/b7-2+. The number of allylic oxidation sites excluding steroid dienone is 1. The van der Waals surface area contributed by atoms with E-state index < -0.39 is 44.5 Å². The Morgan fingerprint density at radius 2 is 1.67 bits per heavy atom. The lowest BCUT2D eigenvalue weighted by Gasteiger charge is -2.35. The summed E-state index contributed by atoms with van der Waals surface area (Å²) in [4.78, 5) is 38.4. The minimum atomic E-state index is -5.25. The minimum Gasteiger partial charge on any atom is -0.386 e. The van der Waals surface area contributed by atoms with Gasteiger partial charge in [0.1, 0.15) is 34.4 Å². The summed E-state index contributed by atoms with van der Waals surface area (Å²) in [5.41, 5.74) is 0.291. The fourth-order valence-electron chi connectivity index (χ4n) is 4.67. The van der Waals surface area contributed by atoms with Crippen molar-refractivity contribution in [3.05, 3.63) is 78.8 Å². The molecule has 240 valence electrons. The van der Waals surface area contributed by atoms with Crippen LogP contribution in [-0.4, -0.2) is 72.5 Å². The van der Waals surface area contributed by atoms with Crippen LogP contribution in [0.1, 0.15) is 6.92 Å². The Morgan fingerprint density at radius 1 is 0.935 bits per heavy atom. The second kappa shape index (κ2) is 12.7. The smallest absolute Gasteiger partial charge is 0.386 e. The number of ether oxygens (including phenoxy) is 1. The lowest BCUT2D eigenvalue weighted by Crippen LogP contribution is -2.48. The van der Waals surface area contributed by atoms with E-state index in [1.54, 1.807) is 23.1 Å². The highest BCUT2D eigenvalue weighted by atomic mass is 32.2. The van der Waals surface area contributed by atoms with Crippen LogP contribution >= 0.6 is 0 Å². The number of aromatic nitrogens is 3. The number of nitrogens with one attached hydrogen (secondary N) is 1. The molecule has 1 amide bonds. The molecule has 0 saturated carbocycles. The third-order valence-corrected chi connectivity index (χ3v) is 8.19. The number of alkyl halides is 3. The Bertz CT molecular complexity index is 1960. The van der Waals surface area contributed by atoms with Crippen LogP contribution in [0.3, 0.4) is 0 Å². The quantitative estimate of drug-likeness (QED) is 0.214. The molecule has 2 aromatic heterocycles. The third kappa shape index (κ3) is 7.36. The number of halogens is 5. The molecule has 1 saturated heterocycles.